The number of carbonyl (C=O) groups is 1. The number of anilines is 1. The van der Waals surface area contributed by atoms with E-state index in [0.717, 1.165) is 55.7 Å². The van der Waals surface area contributed by atoms with Crippen molar-refractivity contribution in [1.82, 2.24) is 14.8 Å². The number of ether oxygens (including phenoxy) is 1. The van der Waals surface area contributed by atoms with Gasteiger partial charge in [-0.25, -0.2) is 9.18 Å². The van der Waals surface area contributed by atoms with Gasteiger partial charge in [-0.1, -0.05) is 11.6 Å². The maximum absolute atomic E-state index is 13.2. The van der Waals surface area contributed by atoms with Crippen LogP contribution >= 0.6 is 0 Å². The molecule has 0 unspecified atom stereocenters. The van der Waals surface area contributed by atoms with Crippen LogP contribution in [0.3, 0.4) is 0 Å². The number of carbonyl (C=O) groups excluding carboxylic acids is 1. The molecule has 1 fully saturated rings. The lowest BCUT2D eigenvalue weighted by atomic mass is 10.1. The van der Waals surface area contributed by atoms with E-state index < -0.39 is 0 Å². The number of aromatic amines is 1. The minimum absolute atomic E-state index is 0.176. The molecule has 1 saturated heterocycles. The summed E-state index contributed by atoms with van der Waals surface area (Å²) < 4.78 is 18.6. The molecule has 33 heavy (non-hydrogen) atoms. The van der Waals surface area contributed by atoms with Crippen LogP contribution in [0.4, 0.5) is 14.9 Å². The van der Waals surface area contributed by atoms with Crippen LogP contribution in [0.5, 0.6) is 0 Å². The molecule has 0 atom stereocenters. The highest BCUT2D eigenvalue weighted by atomic mass is 19.1. The van der Waals surface area contributed by atoms with Gasteiger partial charge in [0.05, 0.1) is 19.8 Å². The molecule has 0 radical (unpaired) electrons. The first-order valence-electron chi connectivity index (χ1n) is 11.2. The molecule has 2 N–H and O–H groups in total. The van der Waals surface area contributed by atoms with Crippen LogP contribution in [-0.2, 0) is 11.3 Å². The fraction of sp³-hybridized carbons (Fsp3) is 0.360. The van der Waals surface area contributed by atoms with Crippen molar-refractivity contribution in [2.24, 2.45) is 0 Å². The lowest BCUT2D eigenvalue weighted by molar-refractivity contribution is 0.0365. The molecule has 1 aliphatic rings. The summed E-state index contributed by atoms with van der Waals surface area (Å²) in [6, 6.07) is 13.0. The smallest absolute Gasteiger partial charge is 0.322 e. The summed E-state index contributed by atoms with van der Waals surface area (Å²) in [5.41, 5.74) is 2.68. The fourth-order valence-corrected chi connectivity index (χ4v) is 3.99. The van der Waals surface area contributed by atoms with Gasteiger partial charge in [0.1, 0.15) is 5.82 Å². The zero-order chi connectivity index (χ0) is 23.2. The highest BCUT2D eigenvalue weighted by Crippen LogP contribution is 2.16. The van der Waals surface area contributed by atoms with Gasteiger partial charge in [0.2, 0.25) is 0 Å². The summed E-state index contributed by atoms with van der Waals surface area (Å²) in [7, 11) is 0. The van der Waals surface area contributed by atoms with Gasteiger partial charge in [0.15, 0.2) is 0 Å². The molecule has 0 aliphatic carbocycles. The fourth-order valence-electron chi connectivity index (χ4n) is 3.99. The summed E-state index contributed by atoms with van der Waals surface area (Å²) in [6.07, 6.45) is 0.765. The van der Waals surface area contributed by atoms with Crippen molar-refractivity contribution in [2.75, 3.05) is 44.7 Å². The second kappa shape index (κ2) is 10.6. The maximum atomic E-state index is 13.2. The summed E-state index contributed by atoms with van der Waals surface area (Å²) in [5, 5.41) is 3.75. The number of hydrogen-bond acceptors (Lipinski definition) is 4. The van der Waals surface area contributed by atoms with Crippen LogP contribution < -0.4 is 10.9 Å². The standard InChI is InChI=1S/C25H29FN4O3/c1-18-3-8-23-19(15-18)16-20(24(31)28-23)17-30(10-2-9-29-11-13-33-14-12-29)25(32)27-22-6-4-21(26)5-7-22/h3-8,15-16H,2,9-14,17H2,1H3,(H,27,32)(H,28,31). The number of urea groups is 1. The minimum Gasteiger partial charge on any atom is -0.379 e. The summed E-state index contributed by atoms with van der Waals surface area (Å²) >= 11 is 0. The lowest BCUT2D eigenvalue weighted by Gasteiger charge is -2.28. The van der Waals surface area contributed by atoms with E-state index in [1.807, 2.05) is 31.2 Å². The maximum Gasteiger partial charge on any atom is 0.322 e. The molecule has 174 valence electrons. The SMILES string of the molecule is Cc1ccc2[nH]c(=O)c(CN(CCCN3CCOCC3)C(=O)Nc3ccc(F)cc3)cc2c1. The third-order valence-corrected chi connectivity index (χ3v) is 5.83. The largest absolute Gasteiger partial charge is 0.379 e. The van der Waals surface area contributed by atoms with E-state index in [1.54, 1.807) is 4.90 Å². The van der Waals surface area contributed by atoms with Crippen molar-refractivity contribution >= 4 is 22.6 Å². The second-order valence-electron chi connectivity index (χ2n) is 8.38. The molecular weight excluding hydrogens is 423 g/mol. The Hall–Kier alpha value is -3.23. The van der Waals surface area contributed by atoms with Crippen LogP contribution in [-0.4, -0.2) is 60.2 Å². The number of nitrogens with one attached hydrogen (secondary N) is 2. The van der Waals surface area contributed by atoms with Gasteiger partial charge >= 0.3 is 6.03 Å². The third kappa shape index (κ3) is 6.18. The van der Waals surface area contributed by atoms with Gasteiger partial charge < -0.3 is 19.9 Å². The number of rotatable bonds is 7. The molecule has 2 amide bonds. The van der Waals surface area contributed by atoms with E-state index in [2.05, 4.69) is 15.2 Å². The average Bonchev–Trinajstić information content (AvgIpc) is 2.81. The van der Waals surface area contributed by atoms with Crippen LogP contribution in [0.1, 0.15) is 17.5 Å². The summed E-state index contributed by atoms with van der Waals surface area (Å²) in [6.45, 7) is 6.71. The Balaban J connectivity index is 1.51. The van der Waals surface area contributed by atoms with Crippen LogP contribution in [0, 0.1) is 12.7 Å². The quantitative estimate of drug-likeness (QED) is 0.573. The number of pyridine rings is 1. The molecule has 4 rings (SSSR count). The zero-order valence-electron chi connectivity index (χ0n) is 18.8. The van der Waals surface area contributed by atoms with E-state index in [0.29, 0.717) is 17.8 Å². The van der Waals surface area contributed by atoms with Crippen molar-refractivity contribution in [3.05, 3.63) is 75.8 Å². The van der Waals surface area contributed by atoms with Crippen molar-refractivity contribution in [1.29, 1.82) is 0 Å². The number of aryl methyl sites for hydroxylation is 1. The molecule has 0 saturated carbocycles. The molecule has 0 bridgehead atoms. The number of H-pyrrole nitrogens is 1. The van der Waals surface area contributed by atoms with Crippen LogP contribution in [0.15, 0.2) is 53.3 Å². The molecule has 3 aromatic rings. The monoisotopic (exact) mass is 452 g/mol. The number of hydrogen-bond donors (Lipinski definition) is 2. The summed E-state index contributed by atoms with van der Waals surface area (Å²) in [4.78, 5) is 32.7. The summed E-state index contributed by atoms with van der Waals surface area (Å²) in [5.74, 6) is -0.367. The number of halogens is 1. The van der Waals surface area contributed by atoms with Crippen LogP contribution in [0.25, 0.3) is 10.9 Å². The van der Waals surface area contributed by atoms with E-state index in [9.17, 15) is 14.0 Å². The Labute approximate surface area is 192 Å². The minimum atomic E-state index is -0.367. The van der Waals surface area contributed by atoms with E-state index in [-0.39, 0.29) is 24.0 Å². The number of amides is 2. The Morgan fingerprint density at radius 3 is 2.67 bits per heavy atom. The molecule has 7 nitrogen and oxygen atoms in total. The van der Waals surface area contributed by atoms with Gasteiger partial charge in [-0.2, -0.15) is 0 Å². The van der Waals surface area contributed by atoms with Gasteiger partial charge in [-0.05, 0) is 61.2 Å². The molecule has 1 aliphatic heterocycles. The number of aromatic nitrogens is 1. The van der Waals surface area contributed by atoms with E-state index in [4.69, 9.17) is 4.74 Å². The average molecular weight is 453 g/mol. The predicted octanol–water partition coefficient (Wildman–Crippen LogP) is 3.73. The number of nitrogens with zero attached hydrogens (tertiary/aromatic N) is 2. The Kier molecular flexibility index (Phi) is 7.36. The Morgan fingerprint density at radius 2 is 1.91 bits per heavy atom. The third-order valence-electron chi connectivity index (χ3n) is 5.83. The van der Waals surface area contributed by atoms with Crippen molar-refractivity contribution in [3.63, 3.8) is 0 Å². The van der Waals surface area contributed by atoms with E-state index >= 15 is 0 Å². The molecule has 2 heterocycles. The number of fused-ring (bicyclic) bond motifs is 1. The molecule has 2 aromatic carbocycles. The topological polar surface area (TPSA) is 77.7 Å². The molecule has 8 heteroatoms. The predicted molar refractivity (Wildman–Crippen MR) is 127 cm³/mol. The first-order valence-corrected chi connectivity index (χ1v) is 11.2. The van der Waals surface area contributed by atoms with Gasteiger partial charge in [-0.3, -0.25) is 9.69 Å². The lowest BCUT2D eigenvalue weighted by Crippen LogP contribution is -2.40. The van der Waals surface area contributed by atoms with E-state index in [1.165, 1.54) is 24.3 Å². The highest BCUT2D eigenvalue weighted by Gasteiger charge is 2.18. The Morgan fingerprint density at radius 1 is 1.15 bits per heavy atom. The second-order valence-corrected chi connectivity index (χ2v) is 8.38. The van der Waals surface area contributed by atoms with Gasteiger partial charge in [0.25, 0.3) is 5.56 Å². The van der Waals surface area contributed by atoms with Gasteiger partial charge in [0, 0.05) is 42.9 Å². The first-order chi connectivity index (χ1) is 16.0. The zero-order valence-corrected chi connectivity index (χ0v) is 18.8. The molecule has 1 aromatic heterocycles. The van der Waals surface area contributed by atoms with Crippen molar-refractivity contribution < 1.29 is 13.9 Å². The Bertz CT molecular complexity index is 1160. The highest BCUT2D eigenvalue weighted by molar-refractivity contribution is 5.89. The number of morpholine rings is 1. The molecule has 0 spiro atoms. The first kappa shape index (κ1) is 22.9. The van der Waals surface area contributed by atoms with Crippen molar-refractivity contribution in [2.45, 2.75) is 19.9 Å². The molecular formula is C25H29FN4O3. The van der Waals surface area contributed by atoms with Gasteiger partial charge in [-0.15, -0.1) is 0 Å². The van der Waals surface area contributed by atoms with Crippen LogP contribution in [0.2, 0.25) is 0 Å². The number of benzene rings is 2. The normalized spacial score (nSPS) is 14.4. The van der Waals surface area contributed by atoms with Crippen molar-refractivity contribution in [3.8, 4) is 0 Å².